The van der Waals surface area contributed by atoms with Gasteiger partial charge in [-0.1, -0.05) is 25.1 Å². The van der Waals surface area contributed by atoms with Crippen molar-refractivity contribution in [3.8, 4) is 5.75 Å². The molecule has 1 aromatic heterocycles. The summed E-state index contributed by atoms with van der Waals surface area (Å²) in [6.45, 7) is 6.35. The van der Waals surface area contributed by atoms with E-state index in [1.807, 2.05) is 36.7 Å². The molecule has 0 bridgehead atoms. The smallest absolute Gasteiger partial charge is 0.170 e. The molecule has 1 heterocycles. The average Bonchev–Trinajstić information content (AvgIpc) is 2.78. The summed E-state index contributed by atoms with van der Waals surface area (Å²) in [6.07, 6.45) is 1.13. The third kappa shape index (κ3) is 3.57. The van der Waals surface area contributed by atoms with Crippen molar-refractivity contribution in [3.05, 3.63) is 41.5 Å². The Morgan fingerprint density at radius 1 is 1.25 bits per heavy atom. The third-order valence-corrected chi connectivity index (χ3v) is 3.25. The second-order valence-corrected chi connectivity index (χ2v) is 4.80. The number of nitrogens with zero attached hydrogens (tertiary/aromatic N) is 3. The highest BCUT2D eigenvalue weighted by molar-refractivity contribution is 5.33. The molecule has 0 aliphatic carbocycles. The lowest BCUT2D eigenvalue weighted by Crippen LogP contribution is -2.15. The van der Waals surface area contributed by atoms with E-state index in [1.54, 1.807) is 0 Å². The molecule has 5 nitrogen and oxygen atoms in total. The van der Waals surface area contributed by atoms with Crippen molar-refractivity contribution in [3.63, 3.8) is 0 Å². The summed E-state index contributed by atoms with van der Waals surface area (Å²) in [4.78, 5) is 0. The molecule has 1 N–H and O–H groups in total. The van der Waals surface area contributed by atoms with Gasteiger partial charge in [0, 0.05) is 19.2 Å². The molecule has 0 aliphatic rings. The van der Waals surface area contributed by atoms with Crippen molar-refractivity contribution >= 4 is 0 Å². The molecule has 1 aromatic carbocycles. The Kier molecular flexibility index (Phi) is 5.12. The maximum absolute atomic E-state index is 5.88. The van der Waals surface area contributed by atoms with Gasteiger partial charge in [-0.3, -0.25) is 0 Å². The van der Waals surface area contributed by atoms with E-state index in [4.69, 9.17) is 4.74 Å². The van der Waals surface area contributed by atoms with Crippen LogP contribution in [0.1, 0.15) is 30.6 Å². The molecule has 0 aliphatic heterocycles. The predicted octanol–water partition coefficient (Wildman–Crippen LogP) is 2.20. The van der Waals surface area contributed by atoms with Gasteiger partial charge in [0.15, 0.2) is 5.82 Å². The summed E-state index contributed by atoms with van der Waals surface area (Å²) in [6, 6.07) is 8.09. The summed E-state index contributed by atoms with van der Waals surface area (Å²) in [5.41, 5.74) is 1.17. The van der Waals surface area contributed by atoms with Gasteiger partial charge in [-0.05, 0) is 26.0 Å². The van der Waals surface area contributed by atoms with E-state index in [9.17, 15) is 0 Å². The van der Waals surface area contributed by atoms with Gasteiger partial charge >= 0.3 is 0 Å². The van der Waals surface area contributed by atoms with Crippen LogP contribution in [0.2, 0.25) is 0 Å². The molecule has 0 saturated carbocycles. The number of rotatable bonds is 7. The zero-order valence-corrected chi connectivity index (χ0v) is 12.4. The number of hydrogen-bond donors (Lipinski definition) is 1. The lowest BCUT2D eigenvalue weighted by atomic mass is 10.2. The molecule has 0 atom stereocenters. The van der Waals surface area contributed by atoms with Gasteiger partial charge in [0.05, 0.1) is 0 Å². The molecule has 2 aromatic rings. The monoisotopic (exact) mass is 274 g/mol. The van der Waals surface area contributed by atoms with Gasteiger partial charge in [-0.15, -0.1) is 10.2 Å². The Bertz CT molecular complexity index is 551. The minimum absolute atomic E-state index is 0.433. The molecule has 0 spiro atoms. The van der Waals surface area contributed by atoms with E-state index in [0.717, 1.165) is 36.9 Å². The third-order valence-electron chi connectivity index (χ3n) is 3.25. The summed E-state index contributed by atoms with van der Waals surface area (Å²) in [5.74, 6) is 2.62. The lowest BCUT2D eigenvalue weighted by Gasteiger charge is -2.11. The standard InChI is InChI=1S/C15H22N4O/c1-4-9-16-10-13-7-5-6-8-14(13)20-11-15-18-17-12(2)19(15)3/h5-8,16H,4,9-11H2,1-3H3. The summed E-state index contributed by atoms with van der Waals surface area (Å²) < 4.78 is 7.83. The fourth-order valence-corrected chi connectivity index (χ4v) is 1.91. The minimum Gasteiger partial charge on any atom is -0.485 e. The fourth-order valence-electron chi connectivity index (χ4n) is 1.91. The fraction of sp³-hybridized carbons (Fsp3) is 0.467. The van der Waals surface area contributed by atoms with Gasteiger partial charge in [0.25, 0.3) is 0 Å². The molecule has 0 amide bonds. The molecule has 0 fully saturated rings. The highest BCUT2D eigenvalue weighted by Gasteiger charge is 2.07. The second kappa shape index (κ2) is 7.05. The molecular formula is C15H22N4O. The maximum atomic E-state index is 5.88. The second-order valence-electron chi connectivity index (χ2n) is 4.80. The Balaban J connectivity index is 2.00. The topological polar surface area (TPSA) is 52.0 Å². The van der Waals surface area contributed by atoms with Crippen molar-refractivity contribution in [1.82, 2.24) is 20.1 Å². The summed E-state index contributed by atoms with van der Waals surface area (Å²) in [5, 5.41) is 11.5. The van der Waals surface area contributed by atoms with E-state index in [0.29, 0.717) is 6.61 Å². The summed E-state index contributed by atoms with van der Waals surface area (Å²) in [7, 11) is 1.95. The number of benzene rings is 1. The number of nitrogens with one attached hydrogen (secondary N) is 1. The molecular weight excluding hydrogens is 252 g/mol. The van der Waals surface area contributed by atoms with Crippen LogP contribution in [0, 0.1) is 6.92 Å². The van der Waals surface area contributed by atoms with Crippen LogP contribution < -0.4 is 10.1 Å². The average molecular weight is 274 g/mol. The van der Waals surface area contributed by atoms with E-state index in [2.05, 4.69) is 28.5 Å². The summed E-state index contributed by atoms with van der Waals surface area (Å²) >= 11 is 0. The molecule has 0 unspecified atom stereocenters. The number of aryl methyl sites for hydroxylation is 1. The molecule has 2 rings (SSSR count). The van der Waals surface area contributed by atoms with Crippen LogP contribution in [0.25, 0.3) is 0 Å². The minimum atomic E-state index is 0.433. The first-order valence-electron chi connectivity index (χ1n) is 6.98. The molecule has 5 heteroatoms. The van der Waals surface area contributed by atoms with E-state index >= 15 is 0 Å². The van der Waals surface area contributed by atoms with Gasteiger partial charge in [-0.25, -0.2) is 0 Å². The SMILES string of the molecule is CCCNCc1ccccc1OCc1nnc(C)n1C. The largest absolute Gasteiger partial charge is 0.485 e. The van der Waals surface area contributed by atoms with Gasteiger partial charge in [0.2, 0.25) is 0 Å². The first-order chi connectivity index (χ1) is 9.72. The van der Waals surface area contributed by atoms with Gasteiger partial charge in [0.1, 0.15) is 18.2 Å². The van der Waals surface area contributed by atoms with Gasteiger partial charge < -0.3 is 14.6 Å². The van der Waals surface area contributed by atoms with Crippen LogP contribution in [0.5, 0.6) is 5.75 Å². The lowest BCUT2D eigenvalue weighted by molar-refractivity contribution is 0.287. The number of para-hydroxylation sites is 1. The zero-order chi connectivity index (χ0) is 14.4. The highest BCUT2D eigenvalue weighted by Crippen LogP contribution is 2.18. The van der Waals surface area contributed by atoms with Gasteiger partial charge in [-0.2, -0.15) is 0 Å². The molecule has 20 heavy (non-hydrogen) atoms. The molecule has 0 saturated heterocycles. The quantitative estimate of drug-likeness (QED) is 0.786. The van der Waals surface area contributed by atoms with Crippen LogP contribution in [0.4, 0.5) is 0 Å². The van der Waals surface area contributed by atoms with Crippen LogP contribution in [-0.2, 0) is 20.2 Å². The first kappa shape index (κ1) is 14.5. The van der Waals surface area contributed by atoms with Crippen molar-refractivity contribution in [2.45, 2.75) is 33.4 Å². The van der Waals surface area contributed by atoms with E-state index in [1.165, 1.54) is 5.56 Å². The Hall–Kier alpha value is -1.88. The van der Waals surface area contributed by atoms with Crippen LogP contribution in [-0.4, -0.2) is 21.3 Å². The Labute approximate surface area is 120 Å². The predicted molar refractivity (Wildman–Crippen MR) is 78.5 cm³/mol. The number of ether oxygens (including phenoxy) is 1. The first-order valence-corrected chi connectivity index (χ1v) is 6.98. The number of aromatic nitrogens is 3. The van der Waals surface area contributed by atoms with Crippen molar-refractivity contribution in [2.75, 3.05) is 6.54 Å². The maximum Gasteiger partial charge on any atom is 0.170 e. The number of hydrogen-bond acceptors (Lipinski definition) is 4. The van der Waals surface area contributed by atoms with E-state index in [-0.39, 0.29) is 0 Å². The van der Waals surface area contributed by atoms with Crippen molar-refractivity contribution in [1.29, 1.82) is 0 Å². The van der Waals surface area contributed by atoms with Crippen molar-refractivity contribution < 1.29 is 4.74 Å². The van der Waals surface area contributed by atoms with E-state index < -0.39 is 0 Å². The Morgan fingerprint density at radius 2 is 2.05 bits per heavy atom. The van der Waals surface area contributed by atoms with Crippen molar-refractivity contribution in [2.24, 2.45) is 7.05 Å². The normalized spacial score (nSPS) is 10.8. The van der Waals surface area contributed by atoms with Crippen LogP contribution >= 0.6 is 0 Å². The molecule has 108 valence electrons. The highest BCUT2D eigenvalue weighted by atomic mass is 16.5. The zero-order valence-electron chi connectivity index (χ0n) is 12.4. The van der Waals surface area contributed by atoms with Crippen LogP contribution in [0.15, 0.2) is 24.3 Å². The van der Waals surface area contributed by atoms with Crippen LogP contribution in [0.3, 0.4) is 0 Å². The molecule has 0 radical (unpaired) electrons. The Morgan fingerprint density at radius 3 is 2.75 bits per heavy atom.